The van der Waals surface area contributed by atoms with E-state index in [1.54, 1.807) is 0 Å². The summed E-state index contributed by atoms with van der Waals surface area (Å²) in [6.45, 7) is 3.91. The third-order valence-electron chi connectivity index (χ3n) is 3.15. The van der Waals surface area contributed by atoms with Crippen LogP contribution in [0.15, 0.2) is 18.2 Å². The Bertz CT molecular complexity index is 506. The summed E-state index contributed by atoms with van der Waals surface area (Å²) in [4.78, 5) is 13.4. The summed E-state index contributed by atoms with van der Waals surface area (Å²) in [5, 5.41) is 12.3. The quantitative estimate of drug-likeness (QED) is 0.774. The Labute approximate surface area is 106 Å². The molecule has 1 heterocycles. The second-order valence-electron chi connectivity index (χ2n) is 4.45. The van der Waals surface area contributed by atoms with E-state index in [2.05, 4.69) is 11.4 Å². The van der Waals surface area contributed by atoms with E-state index in [4.69, 9.17) is 5.73 Å². The number of hydrogen-bond donors (Lipinski definition) is 2. The lowest BCUT2D eigenvalue weighted by molar-refractivity contribution is -0.119. The number of nitrogens with two attached hydrogens (primary N) is 1. The molecule has 0 bridgehead atoms. The van der Waals surface area contributed by atoms with E-state index in [0.29, 0.717) is 18.7 Å². The van der Waals surface area contributed by atoms with Gasteiger partial charge >= 0.3 is 0 Å². The van der Waals surface area contributed by atoms with Crippen molar-refractivity contribution in [2.24, 2.45) is 5.73 Å². The van der Waals surface area contributed by atoms with Crippen molar-refractivity contribution < 1.29 is 4.79 Å². The van der Waals surface area contributed by atoms with Crippen molar-refractivity contribution in [3.63, 3.8) is 0 Å². The molecule has 1 unspecified atom stereocenters. The van der Waals surface area contributed by atoms with Crippen LogP contribution in [0.3, 0.4) is 0 Å². The van der Waals surface area contributed by atoms with Gasteiger partial charge in [-0.05, 0) is 24.6 Å². The fourth-order valence-electron chi connectivity index (χ4n) is 2.24. The number of nitrogens with one attached hydrogen (secondary N) is 1. The van der Waals surface area contributed by atoms with Gasteiger partial charge in [0.05, 0.1) is 11.3 Å². The minimum Gasteiger partial charge on any atom is -0.368 e. The molecular weight excluding hydrogens is 228 g/mol. The summed E-state index contributed by atoms with van der Waals surface area (Å²) in [5.74, 6) is -0.369. The predicted molar refractivity (Wildman–Crippen MR) is 69.1 cm³/mol. The number of hydrogen-bond acceptors (Lipinski definition) is 4. The maximum Gasteiger partial charge on any atom is 0.241 e. The van der Waals surface area contributed by atoms with E-state index in [-0.39, 0.29) is 5.91 Å². The van der Waals surface area contributed by atoms with E-state index in [9.17, 15) is 10.1 Å². The number of amides is 1. The minimum absolute atomic E-state index is 0.369. The Morgan fingerprint density at radius 2 is 2.39 bits per heavy atom. The SMILES string of the molecule is Cc1ccc(N2CCNCC2C(N)=O)c(C#N)c1. The first-order chi connectivity index (χ1) is 8.63. The molecule has 5 nitrogen and oxygen atoms in total. The number of carbonyl (C=O) groups is 1. The van der Waals surface area contributed by atoms with E-state index < -0.39 is 6.04 Å². The van der Waals surface area contributed by atoms with Gasteiger partial charge in [0.15, 0.2) is 0 Å². The Morgan fingerprint density at radius 3 is 3.06 bits per heavy atom. The Balaban J connectivity index is 2.40. The van der Waals surface area contributed by atoms with Crippen molar-refractivity contribution in [1.82, 2.24) is 5.32 Å². The molecular formula is C13H16N4O. The lowest BCUT2D eigenvalue weighted by Crippen LogP contribution is -2.57. The number of rotatable bonds is 2. The number of aryl methyl sites for hydroxylation is 1. The highest BCUT2D eigenvalue weighted by Crippen LogP contribution is 2.24. The number of piperazine rings is 1. The van der Waals surface area contributed by atoms with Crippen LogP contribution in [0.2, 0.25) is 0 Å². The number of anilines is 1. The Kier molecular flexibility index (Phi) is 3.49. The molecule has 1 aliphatic heterocycles. The molecule has 0 radical (unpaired) electrons. The molecule has 1 aromatic carbocycles. The van der Waals surface area contributed by atoms with Crippen LogP contribution in [0.1, 0.15) is 11.1 Å². The number of benzene rings is 1. The van der Waals surface area contributed by atoms with Gasteiger partial charge in [-0.2, -0.15) is 5.26 Å². The first-order valence-corrected chi connectivity index (χ1v) is 5.91. The van der Waals surface area contributed by atoms with Crippen molar-refractivity contribution in [3.05, 3.63) is 29.3 Å². The molecule has 3 N–H and O–H groups in total. The normalized spacial score (nSPS) is 19.3. The maximum atomic E-state index is 11.5. The van der Waals surface area contributed by atoms with E-state index >= 15 is 0 Å². The number of nitriles is 1. The molecule has 5 heteroatoms. The monoisotopic (exact) mass is 244 g/mol. The van der Waals surface area contributed by atoms with Crippen LogP contribution in [-0.2, 0) is 4.79 Å². The summed E-state index contributed by atoms with van der Waals surface area (Å²) in [5.41, 5.74) is 7.81. The van der Waals surface area contributed by atoms with Gasteiger partial charge < -0.3 is 16.0 Å². The molecule has 0 saturated carbocycles. The molecule has 1 fully saturated rings. The minimum atomic E-state index is -0.395. The molecule has 2 rings (SSSR count). The highest BCUT2D eigenvalue weighted by Gasteiger charge is 2.28. The largest absolute Gasteiger partial charge is 0.368 e. The average Bonchev–Trinajstić information content (AvgIpc) is 2.38. The second-order valence-corrected chi connectivity index (χ2v) is 4.45. The smallest absolute Gasteiger partial charge is 0.241 e. The molecule has 0 spiro atoms. The molecule has 94 valence electrons. The first kappa shape index (κ1) is 12.4. The van der Waals surface area contributed by atoms with Crippen LogP contribution in [0.25, 0.3) is 0 Å². The van der Waals surface area contributed by atoms with Crippen LogP contribution in [0, 0.1) is 18.3 Å². The number of nitrogens with zero attached hydrogens (tertiary/aromatic N) is 2. The summed E-state index contributed by atoms with van der Waals surface area (Å²) < 4.78 is 0. The summed E-state index contributed by atoms with van der Waals surface area (Å²) in [6.07, 6.45) is 0. The van der Waals surface area contributed by atoms with E-state index in [1.165, 1.54) is 0 Å². The topological polar surface area (TPSA) is 82.2 Å². The van der Waals surface area contributed by atoms with Crippen LogP contribution < -0.4 is 16.0 Å². The molecule has 1 atom stereocenters. The van der Waals surface area contributed by atoms with E-state index in [0.717, 1.165) is 17.8 Å². The molecule has 1 amide bonds. The summed E-state index contributed by atoms with van der Waals surface area (Å²) in [6, 6.07) is 7.44. The summed E-state index contributed by atoms with van der Waals surface area (Å²) in [7, 11) is 0. The van der Waals surface area contributed by atoms with Crippen molar-refractivity contribution in [2.45, 2.75) is 13.0 Å². The predicted octanol–water partition coefficient (Wildman–Crippen LogP) is 0.130. The lowest BCUT2D eigenvalue weighted by atomic mass is 10.1. The number of carbonyl (C=O) groups excluding carboxylic acids is 1. The zero-order valence-corrected chi connectivity index (χ0v) is 10.3. The van der Waals surface area contributed by atoms with Gasteiger partial charge in [-0.3, -0.25) is 4.79 Å². The first-order valence-electron chi connectivity index (χ1n) is 5.91. The van der Waals surface area contributed by atoms with Gasteiger partial charge in [-0.1, -0.05) is 6.07 Å². The van der Waals surface area contributed by atoms with Gasteiger partial charge in [0.1, 0.15) is 12.1 Å². The third-order valence-corrected chi connectivity index (χ3v) is 3.15. The van der Waals surface area contributed by atoms with Gasteiger partial charge in [0, 0.05) is 19.6 Å². The van der Waals surface area contributed by atoms with Gasteiger partial charge in [0.2, 0.25) is 5.91 Å². The fourth-order valence-corrected chi connectivity index (χ4v) is 2.24. The zero-order chi connectivity index (χ0) is 13.1. The third kappa shape index (κ3) is 2.29. The van der Waals surface area contributed by atoms with Gasteiger partial charge in [-0.15, -0.1) is 0 Å². The van der Waals surface area contributed by atoms with Crippen LogP contribution in [0.4, 0.5) is 5.69 Å². The fraction of sp³-hybridized carbons (Fsp3) is 0.385. The van der Waals surface area contributed by atoms with Gasteiger partial charge in [0.25, 0.3) is 0 Å². The maximum absolute atomic E-state index is 11.5. The van der Waals surface area contributed by atoms with Crippen molar-refractivity contribution in [1.29, 1.82) is 5.26 Å². The molecule has 0 aromatic heterocycles. The van der Waals surface area contributed by atoms with Crippen molar-refractivity contribution >= 4 is 11.6 Å². The standard InChI is InChI=1S/C13H16N4O/c1-9-2-3-11(10(6-9)7-14)17-5-4-16-8-12(17)13(15)18/h2-3,6,12,16H,4-5,8H2,1H3,(H2,15,18). The molecule has 1 aliphatic rings. The van der Waals surface area contributed by atoms with Crippen LogP contribution in [0.5, 0.6) is 0 Å². The van der Waals surface area contributed by atoms with E-state index in [1.807, 2.05) is 30.0 Å². The number of primary amides is 1. The highest BCUT2D eigenvalue weighted by atomic mass is 16.1. The van der Waals surface area contributed by atoms with Crippen molar-refractivity contribution in [2.75, 3.05) is 24.5 Å². The Morgan fingerprint density at radius 1 is 1.61 bits per heavy atom. The molecule has 1 aromatic rings. The summed E-state index contributed by atoms with van der Waals surface area (Å²) >= 11 is 0. The lowest BCUT2D eigenvalue weighted by Gasteiger charge is -2.36. The second kappa shape index (κ2) is 5.07. The van der Waals surface area contributed by atoms with Crippen LogP contribution >= 0.6 is 0 Å². The van der Waals surface area contributed by atoms with Gasteiger partial charge in [-0.25, -0.2) is 0 Å². The molecule has 1 saturated heterocycles. The molecule has 0 aliphatic carbocycles. The zero-order valence-electron chi connectivity index (χ0n) is 10.3. The molecule has 18 heavy (non-hydrogen) atoms. The highest BCUT2D eigenvalue weighted by molar-refractivity contribution is 5.85. The average molecular weight is 244 g/mol. The Hall–Kier alpha value is -2.06. The van der Waals surface area contributed by atoms with Crippen molar-refractivity contribution in [3.8, 4) is 6.07 Å². The van der Waals surface area contributed by atoms with Crippen LogP contribution in [-0.4, -0.2) is 31.6 Å².